The van der Waals surface area contributed by atoms with E-state index < -0.39 is 12.2 Å². The Bertz CT molecular complexity index is 435. The first-order valence-corrected chi connectivity index (χ1v) is 7.63. The van der Waals surface area contributed by atoms with Crippen LogP contribution in [-0.2, 0) is 6.54 Å². The molecule has 3 N–H and O–H groups in total. The summed E-state index contributed by atoms with van der Waals surface area (Å²) in [6, 6.07) is 10.5. The van der Waals surface area contributed by atoms with Crippen molar-refractivity contribution < 1.29 is 10.2 Å². The van der Waals surface area contributed by atoms with Crippen LogP contribution >= 0.6 is 24.8 Å². The number of hydrogen-bond donors (Lipinski definition) is 3. The van der Waals surface area contributed by atoms with Gasteiger partial charge in [-0.05, 0) is 24.9 Å². The zero-order valence-electron chi connectivity index (χ0n) is 12.6. The van der Waals surface area contributed by atoms with Crippen molar-refractivity contribution >= 4 is 24.8 Å². The summed E-state index contributed by atoms with van der Waals surface area (Å²) in [5.74, 6) is 0. The summed E-state index contributed by atoms with van der Waals surface area (Å²) in [6.45, 7) is 2.38. The van der Waals surface area contributed by atoms with Crippen LogP contribution in [0.15, 0.2) is 30.3 Å². The van der Waals surface area contributed by atoms with Gasteiger partial charge in [0.15, 0.2) is 0 Å². The second-order valence-corrected chi connectivity index (χ2v) is 6.01. The maximum atomic E-state index is 10.3. The second-order valence-electron chi connectivity index (χ2n) is 6.01. The van der Waals surface area contributed by atoms with Crippen LogP contribution in [0.25, 0.3) is 0 Å². The zero-order valence-corrected chi connectivity index (χ0v) is 14.2. The average molecular weight is 349 g/mol. The zero-order chi connectivity index (χ0) is 13.9. The highest BCUT2D eigenvalue weighted by molar-refractivity contribution is 5.85. The van der Waals surface area contributed by atoms with E-state index in [4.69, 9.17) is 0 Å². The van der Waals surface area contributed by atoms with E-state index in [1.165, 1.54) is 18.4 Å². The lowest BCUT2D eigenvalue weighted by molar-refractivity contribution is -0.0921. The third kappa shape index (κ3) is 4.34. The molecular weight excluding hydrogens is 323 g/mol. The van der Waals surface area contributed by atoms with Crippen LogP contribution in [0, 0.1) is 0 Å². The van der Waals surface area contributed by atoms with Gasteiger partial charge in [-0.15, -0.1) is 24.8 Å². The highest BCUT2D eigenvalue weighted by Crippen LogP contribution is 2.27. The van der Waals surface area contributed by atoms with Gasteiger partial charge in [0.1, 0.15) is 0 Å². The molecule has 0 unspecified atom stereocenters. The topological polar surface area (TPSA) is 55.7 Å². The smallest absolute Gasteiger partial charge is 0.0979 e. The first-order valence-electron chi connectivity index (χ1n) is 7.63. The molecule has 4 nitrogen and oxygen atoms in total. The number of aliphatic hydroxyl groups excluding tert-OH is 2. The number of rotatable bonds is 3. The lowest BCUT2D eigenvalue weighted by atomic mass is 9.85. The summed E-state index contributed by atoms with van der Waals surface area (Å²) < 4.78 is 0. The van der Waals surface area contributed by atoms with E-state index in [1.807, 2.05) is 18.2 Å². The maximum absolute atomic E-state index is 10.3. The molecule has 6 heteroatoms. The van der Waals surface area contributed by atoms with E-state index >= 15 is 0 Å². The van der Waals surface area contributed by atoms with E-state index in [-0.39, 0.29) is 30.9 Å². The van der Waals surface area contributed by atoms with Crippen molar-refractivity contribution in [2.75, 3.05) is 13.1 Å². The Labute approximate surface area is 144 Å². The summed E-state index contributed by atoms with van der Waals surface area (Å²) in [4.78, 5) is 2.34. The molecule has 1 aromatic carbocycles. The number of nitrogens with zero attached hydrogens (tertiary/aromatic N) is 1. The van der Waals surface area contributed by atoms with Gasteiger partial charge in [0.2, 0.25) is 0 Å². The molecule has 0 bridgehead atoms. The Balaban J connectivity index is 0.00000121. The molecule has 0 amide bonds. The molecule has 0 aliphatic carbocycles. The SMILES string of the molecule is Cl.Cl.O[C@H]1[C@@H](NCc2ccccc2)[C@H]2CCCCN2C[C@@H]1O. The van der Waals surface area contributed by atoms with Crippen LogP contribution < -0.4 is 5.32 Å². The Morgan fingerprint density at radius 2 is 1.82 bits per heavy atom. The summed E-state index contributed by atoms with van der Waals surface area (Å²) in [6.07, 6.45) is 2.21. The molecule has 2 aliphatic rings. The number of hydrogen-bond acceptors (Lipinski definition) is 4. The van der Waals surface area contributed by atoms with Gasteiger partial charge in [-0.2, -0.15) is 0 Å². The first-order chi connectivity index (χ1) is 9.75. The van der Waals surface area contributed by atoms with E-state index in [2.05, 4.69) is 22.3 Å². The molecule has 0 radical (unpaired) electrons. The van der Waals surface area contributed by atoms with E-state index in [0.717, 1.165) is 19.5 Å². The molecule has 0 aromatic heterocycles. The van der Waals surface area contributed by atoms with Gasteiger partial charge < -0.3 is 15.5 Å². The Hall–Kier alpha value is -0.360. The summed E-state index contributed by atoms with van der Waals surface area (Å²) in [5.41, 5.74) is 1.21. The van der Waals surface area contributed by atoms with Gasteiger partial charge >= 0.3 is 0 Å². The van der Waals surface area contributed by atoms with Crippen LogP contribution in [0.5, 0.6) is 0 Å². The van der Waals surface area contributed by atoms with Gasteiger partial charge in [0, 0.05) is 19.1 Å². The van der Waals surface area contributed by atoms with Crippen molar-refractivity contribution in [1.29, 1.82) is 0 Å². The summed E-state index contributed by atoms with van der Waals surface area (Å²) in [7, 11) is 0. The van der Waals surface area contributed by atoms with Gasteiger partial charge in [0.05, 0.1) is 18.2 Å². The molecule has 3 rings (SSSR count). The van der Waals surface area contributed by atoms with E-state index in [0.29, 0.717) is 12.6 Å². The highest BCUT2D eigenvalue weighted by atomic mass is 35.5. The maximum Gasteiger partial charge on any atom is 0.0979 e. The number of halogens is 2. The van der Waals surface area contributed by atoms with E-state index in [1.54, 1.807) is 0 Å². The fourth-order valence-corrected chi connectivity index (χ4v) is 3.55. The molecule has 4 atom stereocenters. The first kappa shape index (κ1) is 19.7. The number of benzene rings is 1. The second kappa shape index (κ2) is 9.06. The molecule has 2 saturated heterocycles. The average Bonchev–Trinajstić information content (AvgIpc) is 2.49. The fourth-order valence-electron chi connectivity index (χ4n) is 3.55. The van der Waals surface area contributed by atoms with Crippen LogP contribution in [-0.4, -0.2) is 52.5 Å². The number of aliphatic hydroxyl groups is 2. The predicted octanol–water partition coefficient (Wildman–Crippen LogP) is 1.58. The highest BCUT2D eigenvalue weighted by Gasteiger charge is 2.42. The predicted molar refractivity (Wildman–Crippen MR) is 92.8 cm³/mol. The minimum absolute atomic E-state index is 0. The van der Waals surface area contributed by atoms with Crippen LogP contribution in [0.3, 0.4) is 0 Å². The van der Waals surface area contributed by atoms with Crippen LogP contribution in [0.1, 0.15) is 24.8 Å². The van der Waals surface area contributed by atoms with Crippen molar-refractivity contribution in [2.24, 2.45) is 0 Å². The largest absolute Gasteiger partial charge is 0.389 e. The van der Waals surface area contributed by atoms with Crippen LogP contribution in [0.2, 0.25) is 0 Å². The quantitative estimate of drug-likeness (QED) is 0.776. The summed E-state index contributed by atoms with van der Waals surface area (Å²) >= 11 is 0. The Morgan fingerprint density at radius 3 is 2.55 bits per heavy atom. The number of piperidine rings is 2. The van der Waals surface area contributed by atoms with Crippen LogP contribution in [0.4, 0.5) is 0 Å². The van der Waals surface area contributed by atoms with Gasteiger partial charge in [-0.3, -0.25) is 4.90 Å². The standard InChI is InChI=1S/C16H24N2O2.2ClH/c19-14-11-18-9-5-4-8-13(18)15(16(14)20)17-10-12-6-2-1-3-7-12;;/h1-3,6-7,13-17,19-20H,4-5,8-11H2;2*1H/t13-,14+,15+,16-;;/m1../s1. The normalized spacial score (nSPS) is 31.5. The Kier molecular flexibility index (Phi) is 8.11. The fraction of sp³-hybridized carbons (Fsp3) is 0.625. The monoisotopic (exact) mass is 348 g/mol. The Morgan fingerprint density at radius 1 is 1.09 bits per heavy atom. The van der Waals surface area contributed by atoms with Crippen molar-refractivity contribution in [3.8, 4) is 0 Å². The van der Waals surface area contributed by atoms with Gasteiger partial charge in [-0.25, -0.2) is 0 Å². The van der Waals surface area contributed by atoms with Gasteiger partial charge in [0.25, 0.3) is 0 Å². The summed E-state index contributed by atoms with van der Waals surface area (Å²) in [5, 5.41) is 23.8. The minimum Gasteiger partial charge on any atom is -0.389 e. The molecule has 2 heterocycles. The third-order valence-electron chi connectivity index (χ3n) is 4.65. The molecule has 2 aliphatic heterocycles. The lowest BCUT2D eigenvalue weighted by Crippen LogP contribution is -2.66. The molecule has 2 fully saturated rings. The molecule has 126 valence electrons. The minimum atomic E-state index is -0.668. The van der Waals surface area contributed by atoms with Crippen molar-refractivity contribution in [1.82, 2.24) is 10.2 Å². The number of nitrogens with one attached hydrogen (secondary N) is 1. The molecule has 0 spiro atoms. The molecule has 0 saturated carbocycles. The third-order valence-corrected chi connectivity index (χ3v) is 4.65. The number of fused-ring (bicyclic) bond motifs is 1. The van der Waals surface area contributed by atoms with Crippen molar-refractivity contribution in [3.63, 3.8) is 0 Å². The van der Waals surface area contributed by atoms with Crippen molar-refractivity contribution in [2.45, 2.75) is 50.1 Å². The molecular formula is C16H26Cl2N2O2. The molecule has 22 heavy (non-hydrogen) atoms. The van der Waals surface area contributed by atoms with Gasteiger partial charge in [-0.1, -0.05) is 36.8 Å². The molecule has 1 aromatic rings. The van der Waals surface area contributed by atoms with Crippen molar-refractivity contribution in [3.05, 3.63) is 35.9 Å². The van der Waals surface area contributed by atoms with E-state index in [9.17, 15) is 10.2 Å². The lowest BCUT2D eigenvalue weighted by Gasteiger charge is -2.48.